The van der Waals surface area contributed by atoms with Gasteiger partial charge < -0.3 is 5.32 Å². The van der Waals surface area contributed by atoms with E-state index in [9.17, 15) is 4.79 Å². The van der Waals surface area contributed by atoms with Gasteiger partial charge in [0.05, 0.1) is 11.3 Å². The van der Waals surface area contributed by atoms with Gasteiger partial charge in [-0.15, -0.1) is 0 Å². The largest absolute Gasteiger partial charge is 0.306 e. The van der Waals surface area contributed by atoms with Crippen LogP contribution >= 0.6 is 0 Å². The number of aromatic nitrogens is 5. The number of carbonyl (C=O) groups excluding carboxylic acids is 1. The molecule has 0 unspecified atom stereocenters. The minimum atomic E-state index is -0.247. The Morgan fingerprint density at radius 3 is 2.78 bits per heavy atom. The standard InChI is InChI=1S/C16H18N6O/c1-5-12-7-14(19-10(3)18-12)20-16(23)11-6-13-9(2)21-22(4)15(13)17-8-11/h6-8H,5H2,1-4H3,(H,18,19,20,23). The van der Waals surface area contributed by atoms with Crippen molar-refractivity contribution in [1.82, 2.24) is 24.7 Å². The second-order valence-corrected chi connectivity index (χ2v) is 5.40. The molecule has 118 valence electrons. The zero-order chi connectivity index (χ0) is 16.6. The summed E-state index contributed by atoms with van der Waals surface area (Å²) in [6, 6.07) is 3.58. The first-order chi connectivity index (χ1) is 11.0. The van der Waals surface area contributed by atoms with Crippen LogP contribution in [0.1, 0.15) is 34.5 Å². The van der Waals surface area contributed by atoms with E-state index in [1.165, 1.54) is 0 Å². The van der Waals surface area contributed by atoms with Gasteiger partial charge in [-0.3, -0.25) is 9.48 Å². The third-order valence-corrected chi connectivity index (χ3v) is 3.62. The van der Waals surface area contributed by atoms with E-state index in [0.29, 0.717) is 17.2 Å². The molecule has 0 aliphatic rings. The van der Waals surface area contributed by atoms with Crippen molar-refractivity contribution in [1.29, 1.82) is 0 Å². The number of aryl methyl sites for hydroxylation is 4. The van der Waals surface area contributed by atoms with Crippen LogP contribution in [0.5, 0.6) is 0 Å². The molecule has 0 bridgehead atoms. The third kappa shape index (κ3) is 2.90. The van der Waals surface area contributed by atoms with Crippen LogP contribution in [0.3, 0.4) is 0 Å². The predicted octanol–water partition coefficient (Wildman–Crippen LogP) is 2.19. The maximum Gasteiger partial charge on any atom is 0.258 e. The molecule has 1 amide bonds. The van der Waals surface area contributed by atoms with E-state index < -0.39 is 0 Å². The van der Waals surface area contributed by atoms with Crippen molar-refractivity contribution in [2.24, 2.45) is 7.05 Å². The van der Waals surface area contributed by atoms with Gasteiger partial charge >= 0.3 is 0 Å². The smallest absolute Gasteiger partial charge is 0.258 e. The molecule has 0 saturated carbocycles. The number of nitrogens with zero attached hydrogens (tertiary/aromatic N) is 5. The molecule has 1 N–H and O–H groups in total. The lowest BCUT2D eigenvalue weighted by Gasteiger charge is -2.07. The Bertz CT molecular complexity index is 899. The van der Waals surface area contributed by atoms with Gasteiger partial charge in [-0.1, -0.05) is 6.92 Å². The summed E-state index contributed by atoms with van der Waals surface area (Å²) >= 11 is 0. The van der Waals surface area contributed by atoms with Crippen LogP contribution in [-0.4, -0.2) is 30.6 Å². The van der Waals surface area contributed by atoms with Crippen molar-refractivity contribution in [2.45, 2.75) is 27.2 Å². The van der Waals surface area contributed by atoms with Gasteiger partial charge in [-0.05, 0) is 26.3 Å². The average molecular weight is 310 g/mol. The van der Waals surface area contributed by atoms with Crippen LogP contribution in [0.2, 0.25) is 0 Å². The van der Waals surface area contributed by atoms with E-state index in [1.54, 1.807) is 29.9 Å². The minimum Gasteiger partial charge on any atom is -0.306 e. The Labute approximate surface area is 133 Å². The Morgan fingerprint density at radius 2 is 2.04 bits per heavy atom. The molecule has 0 atom stereocenters. The number of rotatable bonds is 3. The van der Waals surface area contributed by atoms with Gasteiger partial charge in [0.1, 0.15) is 11.6 Å². The Morgan fingerprint density at radius 1 is 1.26 bits per heavy atom. The van der Waals surface area contributed by atoms with Gasteiger partial charge in [0.2, 0.25) is 0 Å². The van der Waals surface area contributed by atoms with E-state index in [0.717, 1.165) is 28.8 Å². The molecule has 7 heteroatoms. The predicted molar refractivity (Wildman–Crippen MR) is 87.3 cm³/mol. The summed E-state index contributed by atoms with van der Waals surface area (Å²) in [5, 5.41) is 7.99. The molecule has 3 aromatic heterocycles. The highest BCUT2D eigenvalue weighted by molar-refractivity contribution is 6.05. The van der Waals surface area contributed by atoms with Crippen molar-refractivity contribution < 1.29 is 4.79 Å². The molecule has 0 aromatic carbocycles. The zero-order valence-electron chi connectivity index (χ0n) is 13.6. The highest BCUT2D eigenvalue weighted by atomic mass is 16.1. The normalized spacial score (nSPS) is 11.0. The molecule has 3 rings (SSSR count). The Kier molecular flexibility index (Phi) is 3.77. The number of carbonyl (C=O) groups is 1. The van der Waals surface area contributed by atoms with E-state index >= 15 is 0 Å². The molecule has 23 heavy (non-hydrogen) atoms. The van der Waals surface area contributed by atoms with Crippen LogP contribution in [0.4, 0.5) is 5.82 Å². The Balaban J connectivity index is 1.91. The molecule has 0 spiro atoms. The minimum absolute atomic E-state index is 0.247. The molecule has 0 aliphatic heterocycles. The van der Waals surface area contributed by atoms with E-state index in [2.05, 4.69) is 25.4 Å². The van der Waals surface area contributed by atoms with Crippen molar-refractivity contribution in [3.05, 3.63) is 41.1 Å². The number of pyridine rings is 1. The summed E-state index contributed by atoms with van der Waals surface area (Å²) in [5.41, 5.74) is 2.97. The van der Waals surface area contributed by atoms with Crippen molar-refractivity contribution in [3.63, 3.8) is 0 Å². The lowest BCUT2D eigenvalue weighted by atomic mass is 10.2. The first kappa shape index (κ1) is 15.1. The van der Waals surface area contributed by atoms with Crippen molar-refractivity contribution in [3.8, 4) is 0 Å². The zero-order valence-corrected chi connectivity index (χ0v) is 13.6. The number of nitrogens with one attached hydrogen (secondary N) is 1. The fourth-order valence-electron chi connectivity index (χ4n) is 2.50. The topological polar surface area (TPSA) is 85.6 Å². The number of hydrogen-bond acceptors (Lipinski definition) is 5. The van der Waals surface area contributed by atoms with Crippen LogP contribution in [0, 0.1) is 13.8 Å². The van der Waals surface area contributed by atoms with Gasteiger partial charge in [0, 0.05) is 30.4 Å². The maximum atomic E-state index is 12.4. The van der Waals surface area contributed by atoms with Crippen LogP contribution in [-0.2, 0) is 13.5 Å². The van der Waals surface area contributed by atoms with Crippen molar-refractivity contribution >= 4 is 22.8 Å². The molecular formula is C16H18N6O. The second kappa shape index (κ2) is 5.75. The van der Waals surface area contributed by atoms with Crippen LogP contribution < -0.4 is 5.32 Å². The summed E-state index contributed by atoms with van der Waals surface area (Å²) in [6.07, 6.45) is 2.34. The molecule has 0 radical (unpaired) electrons. The molecular weight excluding hydrogens is 292 g/mol. The number of amides is 1. The monoisotopic (exact) mass is 310 g/mol. The average Bonchev–Trinajstić information content (AvgIpc) is 2.81. The lowest BCUT2D eigenvalue weighted by molar-refractivity contribution is 0.102. The molecule has 0 fully saturated rings. The summed E-state index contributed by atoms with van der Waals surface area (Å²) in [7, 11) is 1.83. The highest BCUT2D eigenvalue weighted by Gasteiger charge is 2.13. The first-order valence-electron chi connectivity index (χ1n) is 7.43. The summed E-state index contributed by atoms with van der Waals surface area (Å²) in [6.45, 7) is 5.71. The summed E-state index contributed by atoms with van der Waals surface area (Å²) in [5.74, 6) is 0.890. The van der Waals surface area contributed by atoms with Crippen LogP contribution in [0.15, 0.2) is 18.3 Å². The number of fused-ring (bicyclic) bond motifs is 1. The SMILES string of the molecule is CCc1cc(NC(=O)c2cnc3c(c2)c(C)nn3C)nc(C)n1. The van der Waals surface area contributed by atoms with E-state index in [4.69, 9.17) is 0 Å². The fraction of sp³-hybridized carbons (Fsp3) is 0.312. The summed E-state index contributed by atoms with van der Waals surface area (Å²) < 4.78 is 1.70. The fourth-order valence-corrected chi connectivity index (χ4v) is 2.50. The van der Waals surface area contributed by atoms with Gasteiger partial charge in [-0.25, -0.2) is 15.0 Å². The van der Waals surface area contributed by atoms with E-state index in [-0.39, 0.29) is 5.91 Å². The molecule has 3 aromatic rings. The van der Waals surface area contributed by atoms with Crippen LogP contribution in [0.25, 0.3) is 11.0 Å². The van der Waals surface area contributed by atoms with Gasteiger partial charge in [-0.2, -0.15) is 5.10 Å². The maximum absolute atomic E-state index is 12.4. The molecule has 0 aliphatic carbocycles. The van der Waals surface area contributed by atoms with E-state index in [1.807, 2.05) is 20.9 Å². The first-order valence-corrected chi connectivity index (χ1v) is 7.43. The number of anilines is 1. The lowest BCUT2D eigenvalue weighted by Crippen LogP contribution is -2.14. The molecule has 3 heterocycles. The molecule has 7 nitrogen and oxygen atoms in total. The van der Waals surface area contributed by atoms with Crippen molar-refractivity contribution in [2.75, 3.05) is 5.32 Å². The van der Waals surface area contributed by atoms with Gasteiger partial charge in [0.25, 0.3) is 5.91 Å². The Hall–Kier alpha value is -2.83. The highest BCUT2D eigenvalue weighted by Crippen LogP contribution is 2.17. The van der Waals surface area contributed by atoms with Gasteiger partial charge in [0.15, 0.2) is 5.65 Å². The molecule has 0 saturated heterocycles. The quantitative estimate of drug-likeness (QED) is 0.801. The second-order valence-electron chi connectivity index (χ2n) is 5.40. The summed E-state index contributed by atoms with van der Waals surface area (Å²) in [4.78, 5) is 25.3. The third-order valence-electron chi connectivity index (χ3n) is 3.62. The number of hydrogen-bond donors (Lipinski definition) is 1.